The van der Waals surface area contributed by atoms with Gasteiger partial charge >= 0.3 is 0 Å². The van der Waals surface area contributed by atoms with E-state index in [9.17, 15) is 0 Å². The Labute approximate surface area is 185 Å². The van der Waals surface area contributed by atoms with Crippen LogP contribution in [-0.4, -0.2) is 66.1 Å². The highest BCUT2D eigenvalue weighted by molar-refractivity contribution is 5.91. The molecular weight excluding hydrogens is 384 g/mol. The van der Waals surface area contributed by atoms with Gasteiger partial charge in [-0.3, -0.25) is 0 Å². The van der Waals surface area contributed by atoms with Crippen molar-refractivity contribution in [3.05, 3.63) is 47.7 Å². The standard InChI is InChI=1S/C26H34N4O/c1-18-23-16-20(19-7-14-30(15-8-19)22-9-12-29(2)13-10-22)4-5-24(23)28-26(18)21-6-11-27-25(17-21)31-3/h4-6,11,16-17,19,22,28H,7-10,12-15H2,1-3H3. The van der Waals surface area contributed by atoms with Gasteiger partial charge in [0.1, 0.15) is 0 Å². The smallest absolute Gasteiger partial charge is 0.213 e. The summed E-state index contributed by atoms with van der Waals surface area (Å²) >= 11 is 0. The molecule has 2 aliphatic rings. The van der Waals surface area contributed by atoms with Crippen molar-refractivity contribution < 1.29 is 4.74 Å². The topological polar surface area (TPSA) is 44.4 Å². The fourth-order valence-corrected chi connectivity index (χ4v) is 5.52. The Balaban J connectivity index is 1.33. The fourth-order valence-electron chi connectivity index (χ4n) is 5.52. The van der Waals surface area contributed by atoms with E-state index < -0.39 is 0 Å². The molecule has 5 rings (SSSR count). The summed E-state index contributed by atoms with van der Waals surface area (Å²) in [5, 5.41) is 1.33. The number of nitrogens with zero attached hydrogens (tertiary/aromatic N) is 3. The number of piperidine rings is 2. The van der Waals surface area contributed by atoms with Crippen LogP contribution in [0.5, 0.6) is 5.88 Å². The van der Waals surface area contributed by atoms with Gasteiger partial charge in [0.2, 0.25) is 5.88 Å². The molecule has 5 heteroatoms. The molecule has 164 valence electrons. The molecule has 1 N–H and O–H groups in total. The lowest BCUT2D eigenvalue weighted by Gasteiger charge is -2.41. The maximum Gasteiger partial charge on any atom is 0.213 e. The van der Waals surface area contributed by atoms with Gasteiger partial charge in [0, 0.05) is 40.5 Å². The quantitative estimate of drug-likeness (QED) is 0.660. The monoisotopic (exact) mass is 418 g/mol. The van der Waals surface area contributed by atoms with Crippen molar-refractivity contribution in [2.45, 2.75) is 44.6 Å². The molecule has 0 atom stereocenters. The van der Waals surface area contributed by atoms with E-state index >= 15 is 0 Å². The molecule has 31 heavy (non-hydrogen) atoms. The van der Waals surface area contributed by atoms with E-state index in [1.807, 2.05) is 18.3 Å². The number of H-pyrrole nitrogens is 1. The zero-order chi connectivity index (χ0) is 21.4. The SMILES string of the molecule is COc1cc(-c2[nH]c3ccc(C4CCN(C5CCN(C)CC5)CC4)cc3c2C)ccn1. The third-order valence-corrected chi connectivity index (χ3v) is 7.52. The molecule has 0 saturated carbocycles. The molecular formula is C26H34N4O. The Bertz CT molecular complexity index is 1040. The molecule has 2 aliphatic heterocycles. The Kier molecular flexibility index (Phi) is 5.72. The van der Waals surface area contributed by atoms with Gasteiger partial charge < -0.3 is 19.5 Å². The van der Waals surface area contributed by atoms with Crippen molar-refractivity contribution in [2.24, 2.45) is 0 Å². The van der Waals surface area contributed by atoms with Crippen LogP contribution >= 0.6 is 0 Å². The maximum absolute atomic E-state index is 5.32. The Morgan fingerprint density at radius 3 is 2.52 bits per heavy atom. The number of hydrogen-bond donors (Lipinski definition) is 1. The van der Waals surface area contributed by atoms with Crippen LogP contribution in [0.1, 0.15) is 42.7 Å². The van der Waals surface area contributed by atoms with E-state index in [2.05, 4.69) is 51.9 Å². The summed E-state index contributed by atoms with van der Waals surface area (Å²) in [5.74, 6) is 1.32. The number of aryl methyl sites for hydroxylation is 1. The molecule has 2 aromatic heterocycles. The Morgan fingerprint density at radius 2 is 1.77 bits per heavy atom. The second-order valence-electron chi connectivity index (χ2n) is 9.36. The molecule has 2 saturated heterocycles. The number of fused-ring (bicyclic) bond motifs is 1. The van der Waals surface area contributed by atoms with Gasteiger partial charge in [-0.25, -0.2) is 4.98 Å². The van der Waals surface area contributed by atoms with Crippen LogP contribution in [-0.2, 0) is 0 Å². The predicted molar refractivity (Wildman–Crippen MR) is 127 cm³/mol. The van der Waals surface area contributed by atoms with Crippen LogP contribution in [0.25, 0.3) is 22.2 Å². The summed E-state index contributed by atoms with van der Waals surface area (Å²) in [6.45, 7) is 7.20. The zero-order valence-electron chi connectivity index (χ0n) is 19.0. The number of benzene rings is 1. The Morgan fingerprint density at radius 1 is 1.00 bits per heavy atom. The molecule has 0 radical (unpaired) electrons. The van der Waals surface area contributed by atoms with E-state index in [4.69, 9.17) is 4.74 Å². The second-order valence-corrected chi connectivity index (χ2v) is 9.36. The van der Waals surface area contributed by atoms with Crippen molar-refractivity contribution in [1.82, 2.24) is 19.8 Å². The number of likely N-dealkylation sites (tertiary alicyclic amines) is 2. The molecule has 0 amide bonds. The third kappa shape index (κ3) is 4.09. The van der Waals surface area contributed by atoms with Gasteiger partial charge in [0.15, 0.2) is 0 Å². The Hall–Kier alpha value is -2.37. The lowest BCUT2D eigenvalue weighted by Crippen LogP contribution is -2.46. The minimum atomic E-state index is 0.646. The molecule has 3 aromatic rings. The van der Waals surface area contributed by atoms with Crippen LogP contribution in [0.15, 0.2) is 36.5 Å². The number of aromatic nitrogens is 2. The number of nitrogens with one attached hydrogen (secondary N) is 1. The first kappa shape index (κ1) is 20.5. The number of pyridine rings is 1. The summed E-state index contributed by atoms with van der Waals surface area (Å²) in [6, 6.07) is 11.9. The summed E-state index contributed by atoms with van der Waals surface area (Å²) < 4.78 is 5.32. The van der Waals surface area contributed by atoms with Crippen LogP contribution < -0.4 is 4.74 Å². The van der Waals surface area contributed by atoms with Crippen LogP contribution in [0.2, 0.25) is 0 Å². The van der Waals surface area contributed by atoms with Crippen LogP contribution in [0.4, 0.5) is 0 Å². The van der Waals surface area contributed by atoms with Crippen molar-refractivity contribution in [3.63, 3.8) is 0 Å². The molecule has 5 nitrogen and oxygen atoms in total. The molecule has 0 aliphatic carbocycles. The van der Waals surface area contributed by atoms with Crippen LogP contribution in [0.3, 0.4) is 0 Å². The first-order chi connectivity index (χ1) is 15.1. The number of hydrogen-bond acceptors (Lipinski definition) is 4. The summed E-state index contributed by atoms with van der Waals surface area (Å²) in [4.78, 5) is 13.1. The minimum Gasteiger partial charge on any atom is -0.481 e. The van der Waals surface area contributed by atoms with Gasteiger partial charge in [-0.1, -0.05) is 6.07 Å². The molecule has 2 fully saturated rings. The van der Waals surface area contributed by atoms with Gasteiger partial charge in [0.05, 0.1) is 7.11 Å². The van der Waals surface area contributed by atoms with Crippen molar-refractivity contribution >= 4 is 10.9 Å². The molecule has 1 aromatic carbocycles. The third-order valence-electron chi connectivity index (χ3n) is 7.52. The van der Waals surface area contributed by atoms with Gasteiger partial charge in [-0.05, 0) is 101 Å². The van der Waals surface area contributed by atoms with Crippen LogP contribution in [0, 0.1) is 6.92 Å². The van der Waals surface area contributed by atoms with E-state index in [1.54, 1.807) is 7.11 Å². The number of rotatable bonds is 4. The summed E-state index contributed by atoms with van der Waals surface area (Å²) in [5.41, 5.74) is 6.28. The largest absolute Gasteiger partial charge is 0.481 e. The lowest BCUT2D eigenvalue weighted by atomic mass is 9.87. The highest BCUT2D eigenvalue weighted by Gasteiger charge is 2.28. The molecule has 0 unspecified atom stereocenters. The average Bonchev–Trinajstić information content (AvgIpc) is 3.15. The fraction of sp³-hybridized carbons (Fsp3) is 0.500. The molecule has 0 spiro atoms. The second kappa shape index (κ2) is 8.64. The van der Waals surface area contributed by atoms with Crippen molar-refractivity contribution in [1.29, 1.82) is 0 Å². The van der Waals surface area contributed by atoms with Gasteiger partial charge in [0.25, 0.3) is 0 Å². The maximum atomic E-state index is 5.32. The van der Waals surface area contributed by atoms with Gasteiger partial charge in [-0.15, -0.1) is 0 Å². The highest BCUT2D eigenvalue weighted by atomic mass is 16.5. The number of ether oxygens (including phenoxy) is 1. The normalized spacial score (nSPS) is 19.8. The number of methoxy groups -OCH3 is 1. The van der Waals surface area contributed by atoms with E-state index in [-0.39, 0.29) is 0 Å². The van der Waals surface area contributed by atoms with E-state index in [0.717, 1.165) is 17.3 Å². The molecule has 0 bridgehead atoms. The highest BCUT2D eigenvalue weighted by Crippen LogP contribution is 2.35. The first-order valence-electron chi connectivity index (χ1n) is 11.7. The van der Waals surface area contributed by atoms with Crippen molar-refractivity contribution in [2.75, 3.05) is 40.3 Å². The lowest BCUT2D eigenvalue weighted by molar-refractivity contribution is 0.0966. The summed E-state index contributed by atoms with van der Waals surface area (Å²) in [7, 11) is 3.91. The van der Waals surface area contributed by atoms with E-state index in [0.29, 0.717) is 11.8 Å². The molecule has 4 heterocycles. The van der Waals surface area contributed by atoms with E-state index in [1.165, 1.54) is 73.9 Å². The minimum absolute atomic E-state index is 0.646. The first-order valence-corrected chi connectivity index (χ1v) is 11.7. The zero-order valence-corrected chi connectivity index (χ0v) is 19.0. The summed E-state index contributed by atoms with van der Waals surface area (Å²) in [6.07, 6.45) is 7.02. The van der Waals surface area contributed by atoms with Crippen molar-refractivity contribution in [3.8, 4) is 17.1 Å². The predicted octanol–water partition coefficient (Wildman–Crippen LogP) is 4.82. The average molecular weight is 419 g/mol. The van der Waals surface area contributed by atoms with Gasteiger partial charge in [-0.2, -0.15) is 0 Å². The number of aromatic amines is 1.